The highest BCUT2D eigenvalue weighted by atomic mass is 32.2. The average molecular weight is 576 g/mol. The van der Waals surface area contributed by atoms with E-state index >= 15 is 4.39 Å². The third kappa shape index (κ3) is 4.64. The van der Waals surface area contributed by atoms with E-state index in [0.29, 0.717) is 54.2 Å². The molecule has 2 aliphatic rings. The molecule has 1 atom stereocenters. The van der Waals surface area contributed by atoms with E-state index in [9.17, 15) is 4.79 Å². The van der Waals surface area contributed by atoms with Gasteiger partial charge in [0.2, 0.25) is 17.2 Å². The van der Waals surface area contributed by atoms with Crippen LogP contribution >= 0.6 is 11.8 Å². The summed E-state index contributed by atoms with van der Waals surface area (Å²) < 4.78 is 35.3. The number of likely N-dealkylation sites (N-methyl/N-ethyl adjacent to an activating group) is 1. The van der Waals surface area contributed by atoms with Crippen LogP contribution in [-0.2, 0) is 5.75 Å². The Morgan fingerprint density at radius 3 is 2.61 bits per heavy atom. The maximum atomic E-state index is 15.6. The van der Waals surface area contributed by atoms with Gasteiger partial charge in [0.1, 0.15) is 17.9 Å². The average Bonchev–Trinajstić information content (AvgIpc) is 3.66. The second kappa shape index (κ2) is 10.3. The molecule has 11 nitrogen and oxygen atoms in total. The lowest BCUT2D eigenvalue weighted by Crippen LogP contribution is -2.45. The van der Waals surface area contributed by atoms with Crippen molar-refractivity contribution in [2.24, 2.45) is 0 Å². The van der Waals surface area contributed by atoms with Crippen LogP contribution in [0, 0.1) is 5.82 Å². The third-order valence-corrected chi connectivity index (χ3v) is 8.21. The third-order valence-electron chi connectivity index (χ3n) is 7.41. The molecule has 210 valence electrons. The number of halogens is 1. The topological polar surface area (TPSA) is 116 Å². The lowest BCUT2D eigenvalue weighted by atomic mass is 10.1. The Hall–Kier alpha value is -4.23. The van der Waals surface area contributed by atoms with E-state index in [2.05, 4.69) is 25.3 Å². The van der Waals surface area contributed by atoms with Crippen molar-refractivity contribution >= 4 is 28.4 Å². The standard InChI is InChI=1S/C28H26FN7O4S/c1-16-14-38-25-22-18(12-20(29)23(25)35-10-8-34(2)9-11-35)24(37)19(13-36(16)22)27-32-33-28(40-27)41-15-21-30-31-26(39-21)17-6-4-3-5-7-17/h3-7,12-13,16H,8-11,14-15H2,1-2H3/t16-/m0/s1. The normalized spacial score (nSPS) is 17.2. The molecule has 41 heavy (non-hydrogen) atoms. The van der Waals surface area contributed by atoms with Crippen molar-refractivity contribution in [1.29, 1.82) is 0 Å². The molecular formula is C28H26FN7O4S. The van der Waals surface area contributed by atoms with Crippen LogP contribution in [0.15, 0.2) is 61.4 Å². The van der Waals surface area contributed by atoms with Gasteiger partial charge in [0.25, 0.3) is 11.1 Å². The minimum Gasteiger partial charge on any atom is -0.487 e. The molecule has 2 aliphatic heterocycles. The molecule has 5 aromatic rings. The number of benzene rings is 2. The number of hydrogen-bond donors (Lipinski definition) is 0. The summed E-state index contributed by atoms with van der Waals surface area (Å²) in [6.45, 7) is 5.31. The van der Waals surface area contributed by atoms with Gasteiger partial charge in [-0.25, -0.2) is 4.39 Å². The molecule has 5 heterocycles. The van der Waals surface area contributed by atoms with E-state index in [1.54, 1.807) is 6.20 Å². The van der Waals surface area contributed by atoms with Crippen LogP contribution in [0.3, 0.4) is 0 Å². The number of pyridine rings is 1. The highest BCUT2D eigenvalue weighted by molar-refractivity contribution is 7.98. The van der Waals surface area contributed by atoms with Crippen molar-refractivity contribution in [1.82, 2.24) is 29.9 Å². The lowest BCUT2D eigenvalue weighted by Gasteiger charge is -2.37. The van der Waals surface area contributed by atoms with Gasteiger partial charge in [-0.3, -0.25) is 4.79 Å². The van der Waals surface area contributed by atoms with Crippen molar-refractivity contribution in [2.45, 2.75) is 23.9 Å². The Labute approximate surface area is 237 Å². The first-order chi connectivity index (χ1) is 20.0. The van der Waals surface area contributed by atoms with Crippen molar-refractivity contribution < 1.29 is 18.0 Å². The van der Waals surface area contributed by atoms with Gasteiger partial charge in [0.05, 0.1) is 22.7 Å². The van der Waals surface area contributed by atoms with E-state index in [0.717, 1.165) is 18.7 Å². The molecule has 0 radical (unpaired) electrons. The van der Waals surface area contributed by atoms with E-state index < -0.39 is 11.2 Å². The fourth-order valence-electron chi connectivity index (χ4n) is 5.20. The van der Waals surface area contributed by atoms with Gasteiger partial charge in [0, 0.05) is 37.9 Å². The van der Waals surface area contributed by atoms with Crippen molar-refractivity contribution in [3.63, 3.8) is 0 Å². The minimum atomic E-state index is -0.483. The summed E-state index contributed by atoms with van der Waals surface area (Å²) in [5.74, 6) is 1.11. The van der Waals surface area contributed by atoms with Crippen LogP contribution < -0.4 is 15.1 Å². The SMILES string of the molecule is C[C@H]1COc2c(N3CCN(C)CC3)c(F)cc3c(=O)c(-c4nnc(SCc5nnc(-c6ccccc6)o5)o4)cn1c23. The zero-order valence-corrected chi connectivity index (χ0v) is 23.2. The van der Waals surface area contributed by atoms with Crippen molar-refractivity contribution in [2.75, 3.05) is 44.7 Å². The van der Waals surface area contributed by atoms with E-state index in [-0.39, 0.29) is 28.1 Å². The summed E-state index contributed by atoms with van der Waals surface area (Å²) >= 11 is 1.22. The molecule has 2 aromatic carbocycles. The number of rotatable bonds is 6. The Morgan fingerprint density at radius 1 is 1.02 bits per heavy atom. The fourth-order valence-corrected chi connectivity index (χ4v) is 5.80. The van der Waals surface area contributed by atoms with Gasteiger partial charge in [-0.2, -0.15) is 0 Å². The van der Waals surface area contributed by atoms with Gasteiger partial charge >= 0.3 is 0 Å². The molecule has 0 saturated carbocycles. The molecule has 7 rings (SSSR count). The van der Waals surface area contributed by atoms with E-state index in [4.69, 9.17) is 13.6 Å². The van der Waals surface area contributed by atoms with Gasteiger partial charge in [0.15, 0.2) is 11.6 Å². The molecule has 0 unspecified atom stereocenters. The van der Waals surface area contributed by atoms with Gasteiger partial charge < -0.3 is 27.9 Å². The van der Waals surface area contributed by atoms with Gasteiger partial charge in [-0.05, 0) is 32.2 Å². The van der Waals surface area contributed by atoms with Crippen molar-refractivity contribution in [3.05, 3.63) is 64.5 Å². The summed E-state index contributed by atoms with van der Waals surface area (Å²) in [5.41, 5.74) is 1.61. The van der Waals surface area contributed by atoms with E-state index in [1.165, 1.54) is 17.8 Å². The summed E-state index contributed by atoms with van der Waals surface area (Å²) in [7, 11) is 2.05. The molecule has 3 aromatic heterocycles. The number of ether oxygens (including phenoxy) is 1. The highest BCUT2D eigenvalue weighted by Crippen LogP contribution is 2.42. The maximum absolute atomic E-state index is 15.6. The predicted octanol–water partition coefficient (Wildman–Crippen LogP) is 4.24. The van der Waals surface area contributed by atoms with Crippen molar-refractivity contribution in [3.8, 4) is 28.7 Å². The summed E-state index contributed by atoms with van der Waals surface area (Å²) in [6, 6.07) is 10.7. The second-order valence-electron chi connectivity index (χ2n) is 10.2. The Bertz CT molecular complexity index is 1800. The summed E-state index contributed by atoms with van der Waals surface area (Å²) in [4.78, 5) is 17.9. The summed E-state index contributed by atoms with van der Waals surface area (Å²) in [5, 5.41) is 16.9. The molecule has 0 spiro atoms. The van der Waals surface area contributed by atoms with Crippen LogP contribution in [0.5, 0.6) is 5.75 Å². The Kier molecular flexibility index (Phi) is 6.47. The molecular weight excluding hydrogens is 549 g/mol. The molecule has 0 amide bonds. The molecule has 0 aliphatic carbocycles. The monoisotopic (exact) mass is 575 g/mol. The van der Waals surface area contributed by atoms with Gasteiger partial charge in [-0.15, -0.1) is 20.4 Å². The summed E-state index contributed by atoms with van der Waals surface area (Å²) in [6.07, 6.45) is 1.71. The largest absolute Gasteiger partial charge is 0.487 e. The molecule has 13 heteroatoms. The first-order valence-electron chi connectivity index (χ1n) is 13.3. The van der Waals surface area contributed by atoms with Gasteiger partial charge in [-0.1, -0.05) is 30.0 Å². The quantitative estimate of drug-likeness (QED) is 0.271. The number of nitrogens with zero attached hydrogens (tertiary/aromatic N) is 7. The molecule has 1 saturated heterocycles. The number of hydrogen-bond acceptors (Lipinski definition) is 11. The predicted molar refractivity (Wildman–Crippen MR) is 151 cm³/mol. The number of aromatic nitrogens is 5. The van der Waals surface area contributed by atoms with Crippen LogP contribution in [0.25, 0.3) is 33.8 Å². The minimum absolute atomic E-state index is 0.0578. The zero-order chi connectivity index (χ0) is 28.1. The molecule has 0 bridgehead atoms. The fraction of sp³-hybridized carbons (Fsp3) is 0.321. The lowest BCUT2D eigenvalue weighted by molar-refractivity contribution is 0.245. The van der Waals surface area contributed by atoms with E-state index in [1.807, 2.05) is 53.8 Å². The van der Waals surface area contributed by atoms with Crippen LogP contribution in [0.1, 0.15) is 18.9 Å². The second-order valence-corrected chi connectivity index (χ2v) is 11.1. The first kappa shape index (κ1) is 25.7. The number of anilines is 1. The first-order valence-corrected chi connectivity index (χ1v) is 14.3. The van der Waals surface area contributed by atoms with Crippen LogP contribution in [0.4, 0.5) is 10.1 Å². The van der Waals surface area contributed by atoms with Crippen LogP contribution in [0.2, 0.25) is 0 Å². The Balaban J connectivity index is 1.19. The molecule has 1 fully saturated rings. The molecule has 0 N–H and O–H groups in total. The Morgan fingerprint density at radius 2 is 1.80 bits per heavy atom. The highest BCUT2D eigenvalue weighted by Gasteiger charge is 2.31. The smallest absolute Gasteiger partial charge is 0.277 e. The zero-order valence-electron chi connectivity index (χ0n) is 22.4. The number of piperazine rings is 1. The maximum Gasteiger partial charge on any atom is 0.277 e. The number of thioether (sulfide) groups is 1. The van der Waals surface area contributed by atoms with Crippen LogP contribution in [-0.4, -0.2) is 69.7 Å².